The fourth-order valence-electron chi connectivity index (χ4n) is 6.95. The normalized spacial score (nSPS) is 15.8. The monoisotopic (exact) mass is 707 g/mol. The van der Waals surface area contributed by atoms with Crippen molar-refractivity contribution in [3.63, 3.8) is 0 Å². The number of benzene rings is 2. The van der Waals surface area contributed by atoms with E-state index in [-0.39, 0.29) is 22.9 Å². The van der Waals surface area contributed by atoms with E-state index in [1.165, 1.54) is 49.1 Å². The van der Waals surface area contributed by atoms with Gasteiger partial charge in [0.1, 0.15) is 12.1 Å². The summed E-state index contributed by atoms with van der Waals surface area (Å²) < 4.78 is 39.5. The molecule has 1 fully saturated rings. The summed E-state index contributed by atoms with van der Waals surface area (Å²) in [4.78, 5) is 29.0. The van der Waals surface area contributed by atoms with Crippen molar-refractivity contribution in [2.24, 2.45) is 10.8 Å². The molecule has 3 heterocycles. The number of nitrogens with zero attached hydrogens (tertiary/aromatic N) is 4. The molecule has 0 spiro atoms. The van der Waals surface area contributed by atoms with Crippen molar-refractivity contribution in [1.29, 1.82) is 0 Å². The standard InChI is InChI=1S/C38H49F2N6O3S/c1-37(2,3)32(38(4,5)6)18-24-12-8-9-15-46(24)16-11-17-49-31-21-29-26(20-30(31)48-7)35(43-23-42-29)45-36-41-22-25(50-36)19-33(47)44-28-14-10-13-27(39)34(28)40/h10,13-14,20-24H,8-9,11-12,15-19H2,1-7H3,(H,44,47)(H,41,42,43,45). The number of likely N-dealkylation sites (tertiary alicyclic amines) is 1. The number of aromatic nitrogens is 3. The van der Waals surface area contributed by atoms with Crippen LogP contribution in [0.4, 0.5) is 25.4 Å². The highest BCUT2D eigenvalue weighted by atomic mass is 32.1. The topological polar surface area (TPSA) is 102 Å². The number of carbonyl (C=O) groups is 1. The molecule has 2 N–H and O–H groups in total. The van der Waals surface area contributed by atoms with Crippen molar-refractivity contribution in [2.75, 3.05) is 37.4 Å². The van der Waals surface area contributed by atoms with Gasteiger partial charge in [0, 0.05) is 35.1 Å². The highest BCUT2D eigenvalue weighted by molar-refractivity contribution is 7.15. The molecule has 0 bridgehead atoms. The van der Waals surface area contributed by atoms with Crippen LogP contribution < -0.4 is 20.1 Å². The Morgan fingerprint density at radius 2 is 1.82 bits per heavy atom. The Balaban J connectivity index is 1.19. The molecule has 2 aromatic heterocycles. The van der Waals surface area contributed by atoms with Crippen LogP contribution in [0, 0.1) is 28.4 Å². The zero-order valence-corrected chi connectivity index (χ0v) is 31.0. The first-order valence-electron chi connectivity index (χ1n) is 17.2. The molecule has 5 rings (SSSR count). The number of thiazole rings is 1. The number of nitrogens with one attached hydrogen (secondary N) is 2. The van der Waals surface area contributed by atoms with Crippen LogP contribution >= 0.6 is 11.3 Å². The van der Waals surface area contributed by atoms with Gasteiger partial charge in [0.05, 0.1) is 31.3 Å². The minimum Gasteiger partial charge on any atom is -0.493 e. The minimum atomic E-state index is -1.10. The van der Waals surface area contributed by atoms with E-state index in [2.05, 4.69) is 72.0 Å². The van der Waals surface area contributed by atoms with Crippen LogP contribution in [0.1, 0.15) is 78.5 Å². The lowest BCUT2D eigenvalue weighted by atomic mass is 9.63. The van der Waals surface area contributed by atoms with Gasteiger partial charge in [-0.05, 0) is 67.2 Å². The maximum atomic E-state index is 14.0. The third-order valence-corrected chi connectivity index (χ3v) is 10.0. The van der Waals surface area contributed by atoms with Gasteiger partial charge in [-0.3, -0.25) is 4.79 Å². The average Bonchev–Trinajstić information content (AvgIpc) is 3.49. The molecule has 1 aliphatic heterocycles. The SMILES string of the molecule is COc1cc2c(Nc3ncc(CC(=O)Nc4cccc(F)c4F)s3)ncnc2cc1OCCCN1CCCCC1C[C](C(C)(C)C)C(C)(C)C. The number of fused-ring (bicyclic) bond motifs is 1. The molecule has 50 heavy (non-hydrogen) atoms. The first-order chi connectivity index (χ1) is 23.7. The number of methoxy groups -OCH3 is 1. The van der Waals surface area contributed by atoms with Crippen molar-refractivity contribution in [3.8, 4) is 11.5 Å². The number of anilines is 3. The molecule has 12 heteroatoms. The van der Waals surface area contributed by atoms with Crippen molar-refractivity contribution in [1.82, 2.24) is 19.9 Å². The third-order valence-electron chi connectivity index (χ3n) is 9.11. The molecule has 9 nitrogen and oxygen atoms in total. The maximum absolute atomic E-state index is 14.0. The van der Waals surface area contributed by atoms with Gasteiger partial charge in [0.25, 0.3) is 0 Å². The Bertz CT molecular complexity index is 1760. The molecule has 1 radical (unpaired) electrons. The highest BCUT2D eigenvalue weighted by Gasteiger charge is 2.38. The fraction of sp³-hybridized carbons (Fsp3) is 0.500. The van der Waals surface area contributed by atoms with Gasteiger partial charge in [-0.25, -0.2) is 23.7 Å². The number of hydrogen-bond acceptors (Lipinski definition) is 9. The second-order valence-electron chi connectivity index (χ2n) is 14.9. The van der Waals surface area contributed by atoms with Gasteiger partial charge in [0.2, 0.25) is 5.91 Å². The van der Waals surface area contributed by atoms with E-state index in [1.54, 1.807) is 19.2 Å². The Morgan fingerprint density at radius 3 is 2.56 bits per heavy atom. The Morgan fingerprint density at radius 1 is 1.04 bits per heavy atom. The molecule has 2 aromatic carbocycles. The number of piperidine rings is 1. The lowest BCUT2D eigenvalue weighted by molar-refractivity contribution is -0.115. The number of halogens is 2. The van der Waals surface area contributed by atoms with E-state index in [9.17, 15) is 13.6 Å². The summed E-state index contributed by atoms with van der Waals surface area (Å²) in [6.45, 7) is 16.7. The predicted molar refractivity (Wildman–Crippen MR) is 196 cm³/mol. The van der Waals surface area contributed by atoms with Crippen LogP contribution in [0.5, 0.6) is 11.5 Å². The van der Waals surface area contributed by atoms with E-state index < -0.39 is 17.5 Å². The summed E-state index contributed by atoms with van der Waals surface area (Å²) in [5.74, 6) is 0.728. The lowest BCUT2D eigenvalue weighted by Gasteiger charge is -2.45. The van der Waals surface area contributed by atoms with Crippen LogP contribution in [0.2, 0.25) is 0 Å². The summed E-state index contributed by atoms with van der Waals surface area (Å²) in [5.41, 5.74) is 0.813. The van der Waals surface area contributed by atoms with Crippen molar-refractivity contribution in [2.45, 2.75) is 86.1 Å². The number of rotatable bonds is 13. The Hall–Kier alpha value is -3.90. The van der Waals surface area contributed by atoms with Crippen LogP contribution in [-0.2, 0) is 11.2 Å². The lowest BCUT2D eigenvalue weighted by Crippen LogP contribution is -2.44. The largest absolute Gasteiger partial charge is 0.493 e. The summed E-state index contributed by atoms with van der Waals surface area (Å²) in [5, 5.41) is 6.85. The molecule has 1 atom stereocenters. The molecule has 1 aliphatic rings. The van der Waals surface area contributed by atoms with Gasteiger partial charge in [-0.15, -0.1) is 11.3 Å². The van der Waals surface area contributed by atoms with Crippen molar-refractivity contribution in [3.05, 3.63) is 65.3 Å². The van der Waals surface area contributed by atoms with E-state index in [0.717, 1.165) is 32.0 Å². The molecular formula is C38H49F2N6O3S. The second kappa shape index (κ2) is 16.0. The smallest absolute Gasteiger partial charge is 0.229 e. The van der Waals surface area contributed by atoms with Gasteiger partial charge in [-0.1, -0.05) is 54.0 Å². The number of ether oxygens (including phenoxy) is 2. The van der Waals surface area contributed by atoms with Crippen molar-refractivity contribution >= 4 is 44.8 Å². The van der Waals surface area contributed by atoms with Gasteiger partial charge >= 0.3 is 0 Å². The van der Waals surface area contributed by atoms with Crippen LogP contribution in [0.25, 0.3) is 10.9 Å². The molecule has 4 aromatic rings. The maximum Gasteiger partial charge on any atom is 0.229 e. The molecule has 0 aliphatic carbocycles. The van der Waals surface area contributed by atoms with Gasteiger partial charge in [0.15, 0.2) is 28.3 Å². The summed E-state index contributed by atoms with van der Waals surface area (Å²) in [6.07, 6.45) is 8.76. The van der Waals surface area contributed by atoms with Crippen LogP contribution in [0.3, 0.4) is 0 Å². The molecular weight excluding hydrogens is 659 g/mol. The molecule has 0 saturated carbocycles. The highest BCUT2D eigenvalue weighted by Crippen LogP contribution is 2.46. The second-order valence-corrected chi connectivity index (χ2v) is 16.0. The Kier molecular flexibility index (Phi) is 11.9. The first-order valence-corrected chi connectivity index (χ1v) is 18.1. The number of hydrogen-bond donors (Lipinski definition) is 2. The zero-order chi connectivity index (χ0) is 36.1. The quantitative estimate of drug-likeness (QED) is 0.133. The minimum absolute atomic E-state index is 0.0555. The summed E-state index contributed by atoms with van der Waals surface area (Å²) in [7, 11) is 1.61. The van der Waals surface area contributed by atoms with E-state index in [4.69, 9.17) is 9.47 Å². The van der Waals surface area contributed by atoms with Crippen LogP contribution in [-0.4, -0.2) is 58.6 Å². The molecule has 1 unspecified atom stereocenters. The summed E-state index contributed by atoms with van der Waals surface area (Å²) in [6, 6.07) is 7.91. The third kappa shape index (κ3) is 9.45. The fourth-order valence-corrected chi connectivity index (χ4v) is 7.76. The predicted octanol–water partition coefficient (Wildman–Crippen LogP) is 8.98. The van der Waals surface area contributed by atoms with Gasteiger partial charge in [-0.2, -0.15) is 0 Å². The van der Waals surface area contributed by atoms with E-state index in [0.29, 0.717) is 50.9 Å². The zero-order valence-electron chi connectivity index (χ0n) is 30.2. The summed E-state index contributed by atoms with van der Waals surface area (Å²) >= 11 is 1.25. The van der Waals surface area contributed by atoms with E-state index in [1.807, 2.05) is 12.1 Å². The number of amides is 1. The number of carbonyl (C=O) groups excluding carboxylic acids is 1. The van der Waals surface area contributed by atoms with Gasteiger partial charge < -0.3 is 25.0 Å². The Labute approximate surface area is 298 Å². The molecule has 269 valence electrons. The van der Waals surface area contributed by atoms with Crippen molar-refractivity contribution < 1.29 is 23.0 Å². The average molecular weight is 708 g/mol. The first kappa shape index (κ1) is 37.4. The van der Waals surface area contributed by atoms with E-state index >= 15 is 0 Å². The molecule has 1 amide bonds. The molecule has 1 saturated heterocycles. The van der Waals surface area contributed by atoms with Crippen LogP contribution in [0.15, 0.2) is 42.9 Å².